The Balaban J connectivity index is 2.22. The largest absolute Gasteiger partial charge is 0.317 e. The molecule has 0 amide bonds. The molecule has 0 aromatic carbocycles. The first-order valence-corrected chi connectivity index (χ1v) is 7.47. The summed E-state index contributed by atoms with van der Waals surface area (Å²) in [4.78, 5) is 0. The fourth-order valence-electron chi connectivity index (χ4n) is 1.82. The topological polar surface area (TPSA) is 58.2 Å². The van der Waals surface area contributed by atoms with Crippen LogP contribution in [0.5, 0.6) is 0 Å². The number of piperidine rings is 1. The molecular weight excluding hydrogens is 212 g/mol. The van der Waals surface area contributed by atoms with Crippen LogP contribution in [0.2, 0.25) is 0 Å². The molecule has 0 aromatic heterocycles. The Morgan fingerprint density at radius 2 is 2.00 bits per heavy atom. The van der Waals surface area contributed by atoms with Crippen molar-refractivity contribution in [1.82, 2.24) is 10.0 Å². The smallest absolute Gasteiger partial charge is 0.211 e. The lowest BCUT2D eigenvalue weighted by Crippen LogP contribution is -2.31. The van der Waals surface area contributed by atoms with E-state index in [1.165, 1.54) is 0 Å². The minimum Gasteiger partial charge on any atom is -0.317 e. The lowest BCUT2D eigenvalue weighted by molar-refractivity contribution is 0.365. The van der Waals surface area contributed by atoms with Crippen molar-refractivity contribution in [2.45, 2.75) is 32.6 Å². The standard InChI is InChI=1S/C10H22N2O2S/c1-2-6-12-15(13,14)9-5-10-3-7-11-8-4-10/h10-12H,2-9H2,1H3. The highest BCUT2D eigenvalue weighted by Gasteiger charge is 2.16. The van der Waals surface area contributed by atoms with Gasteiger partial charge in [0.15, 0.2) is 0 Å². The van der Waals surface area contributed by atoms with Gasteiger partial charge in [-0.2, -0.15) is 0 Å². The first-order valence-electron chi connectivity index (χ1n) is 5.82. The molecule has 0 atom stereocenters. The third-order valence-corrected chi connectivity index (χ3v) is 4.24. The second-order valence-electron chi connectivity index (χ2n) is 4.20. The molecule has 1 heterocycles. The molecule has 4 nitrogen and oxygen atoms in total. The third-order valence-electron chi connectivity index (χ3n) is 2.83. The summed E-state index contributed by atoms with van der Waals surface area (Å²) in [5.41, 5.74) is 0. The molecular formula is C10H22N2O2S. The molecule has 0 aromatic rings. The van der Waals surface area contributed by atoms with Gasteiger partial charge in [0, 0.05) is 6.54 Å². The highest BCUT2D eigenvalue weighted by molar-refractivity contribution is 7.89. The van der Waals surface area contributed by atoms with Gasteiger partial charge in [-0.1, -0.05) is 6.92 Å². The summed E-state index contributed by atoms with van der Waals surface area (Å²) in [6.07, 6.45) is 3.89. The van der Waals surface area contributed by atoms with Gasteiger partial charge in [0.25, 0.3) is 0 Å². The molecule has 5 heteroatoms. The number of hydrogen-bond donors (Lipinski definition) is 2. The summed E-state index contributed by atoms with van der Waals surface area (Å²) in [5, 5.41) is 3.28. The zero-order valence-corrected chi connectivity index (χ0v) is 10.3. The van der Waals surface area contributed by atoms with Gasteiger partial charge < -0.3 is 5.32 Å². The average molecular weight is 234 g/mol. The quantitative estimate of drug-likeness (QED) is 0.711. The molecule has 1 saturated heterocycles. The lowest BCUT2D eigenvalue weighted by atomic mass is 9.96. The normalized spacial score (nSPS) is 19.3. The van der Waals surface area contributed by atoms with Crippen molar-refractivity contribution in [2.24, 2.45) is 5.92 Å². The van der Waals surface area contributed by atoms with Gasteiger partial charge in [0.1, 0.15) is 0 Å². The molecule has 1 aliphatic rings. The van der Waals surface area contributed by atoms with E-state index in [0.29, 0.717) is 12.5 Å². The molecule has 2 N–H and O–H groups in total. The van der Waals surface area contributed by atoms with Crippen molar-refractivity contribution in [1.29, 1.82) is 0 Å². The fraction of sp³-hybridized carbons (Fsp3) is 1.00. The van der Waals surface area contributed by atoms with Gasteiger partial charge in [-0.3, -0.25) is 0 Å². The Morgan fingerprint density at radius 1 is 1.33 bits per heavy atom. The Kier molecular flexibility index (Phi) is 5.56. The van der Waals surface area contributed by atoms with Gasteiger partial charge in [-0.05, 0) is 44.7 Å². The van der Waals surface area contributed by atoms with Crippen LogP contribution in [0.15, 0.2) is 0 Å². The van der Waals surface area contributed by atoms with Gasteiger partial charge in [0.2, 0.25) is 10.0 Å². The molecule has 0 spiro atoms. The Bertz CT molecular complexity index is 259. The third kappa shape index (κ3) is 5.49. The first kappa shape index (κ1) is 12.9. The van der Waals surface area contributed by atoms with E-state index >= 15 is 0 Å². The van der Waals surface area contributed by atoms with Crippen molar-refractivity contribution >= 4 is 10.0 Å². The number of rotatable bonds is 6. The SMILES string of the molecule is CCCNS(=O)(=O)CCC1CCNCC1. The van der Waals surface area contributed by atoms with Crippen molar-refractivity contribution in [3.63, 3.8) is 0 Å². The molecule has 1 aliphatic heterocycles. The van der Waals surface area contributed by atoms with Gasteiger partial charge in [-0.25, -0.2) is 13.1 Å². The highest BCUT2D eigenvalue weighted by Crippen LogP contribution is 2.16. The zero-order valence-electron chi connectivity index (χ0n) is 9.46. The van der Waals surface area contributed by atoms with E-state index in [1.54, 1.807) is 0 Å². The van der Waals surface area contributed by atoms with Crippen LogP contribution < -0.4 is 10.0 Å². The van der Waals surface area contributed by atoms with Crippen LogP contribution in [0, 0.1) is 5.92 Å². The first-order chi connectivity index (χ1) is 7.14. The monoisotopic (exact) mass is 234 g/mol. The number of sulfonamides is 1. The van der Waals surface area contributed by atoms with Crippen LogP contribution in [0.1, 0.15) is 32.6 Å². The predicted molar refractivity (Wildman–Crippen MR) is 62.3 cm³/mol. The predicted octanol–water partition coefficient (Wildman–Crippen LogP) is 0.706. The van der Waals surface area contributed by atoms with E-state index in [4.69, 9.17) is 0 Å². The molecule has 0 unspecified atom stereocenters. The summed E-state index contributed by atoms with van der Waals surface area (Å²) >= 11 is 0. The maximum atomic E-state index is 11.5. The van der Waals surface area contributed by atoms with Crippen molar-refractivity contribution in [2.75, 3.05) is 25.4 Å². The van der Waals surface area contributed by atoms with Crippen molar-refractivity contribution in [3.8, 4) is 0 Å². The van der Waals surface area contributed by atoms with E-state index in [9.17, 15) is 8.42 Å². The zero-order chi connectivity index (χ0) is 11.1. The van der Waals surface area contributed by atoms with E-state index in [0.717, 1.165) is 38.8 Å². The lowest BCUT2D eigenvalue weighted by Gasteiger charge is -2.22. The average Bonchev–Trinajstić information content (AvgIpc) is 2.25. The van der Waals surface area contributed by atoms with Crippen molar-refractivity contribution in [3.05, 3.63) is 0 Å². The summed E-state index contributed by atoms with van der Waals surface area (Å²) in [6, 6.07) is 0. The second-order valence-corrected chi connectivity index (χ2v) is 6.12. The molecule has 15 heavy (non-hydrogen) atoms. The number of nitrogens with one attached hydrogen (secondary N) is 2. The van der Waals surface area contributed by atoms with Crippen LogP contribution in [-0.2, 0) is 10.0 Å². The molecule has 1 rings (SSSR count). The van der Waals surface area contributed by atoms with Gasteiger partial charge in [0.05, 0.1) is 5.75 Å². The Hall–Kier alpha value is -0.130. The maximum Gasteiger partial charge on any atom is 0.211 e. The minimum absolute atomic E-state index is 0.289. The highest BCUT2D eigenvalue weighted by atomic mass is 32.2. The molecule has 0 bridgehead atoms. The molecule has 0 saturated carbocycles. The van der Waals surface area contributed by atoms with Crippen molar-refractivity contribution < 1.29 is 8.42 Å². The van der Waals surface area contributed by atoms with Gasteiger partial charge >= 0.3 is 0 Å². The minimum atomic E-state index is -3.01. The maximum absolute atomic E-state index is 11.5. The van der Waals surface area contributed by atoms with Gasteiger partial charge in [-0.15, -0.1) is 0 Å². The van der Waals surface area contributed by atoms with E-state index in [1.807, 2.05) is 6.92 Å². The Morgan fingerprint density at radius 3 is 2.60 bits per heavy atom. The summed E-state index contributed by atoms with van der Waals surface area (Å²) in [7, 11) is -3.01. The summed E-state index contributed by atoms with van der Waals surface area (Å²) in [6.45, 7) is 4.60. The number of hydrogen-bond acceptors (Lipinski definition) is 3. The van der Waals surface area contributed by atoms with Crippen LogP contribution in [-0.4, -0.2) is 33.8 Å². The molecule has 0 radical (unpaired) electrons. The Labute approximate surface area is 92.9 Å². The molecule has 90 valence electrons. The van der Waals surface area contributed by atoms with Crippen LogP contribution in [0.4, 0.5) is 0 Å². The second kappa shape index (κ2) is 6.45. The van der Waals surface area contributed by atoms with Crippen LogP contribution >= 0.6 is 0 Å². The van der Waals surface area contributed by atoms with E-state index < -0.39 is 10.0 Å². The van der Waals surface area contributed by atoms with Crippen LogP contribution in [0.25, 0.3) is 0 Å². The van der Waals surface area contributed by atoms with E-state index in [2.05, 4.69) is 10.0 Å². The van der Waals surface area contributed by atoms with Crippen LogP contribution in [0.3, 0.4) is 0 Å². The summed E-state index contributed by atoms with van der Waals surface area (Å²) < 4.78 is 25.6. The van der Waals surface area contributed by atoms with E-state index in [-0.39, 0.29) is 5.75 Å². The fourth-order valence-corrected chi connectivity index (χ4v) is 3.13. The summed E-state index contributed by atoms with van der Waals surface area (Å²) in [5.74, 6) is 0.877. The molecule has 1 fully saturated rings. The molecule has 0 aliphatic carbocycles.